The molecule has 0 bridgehead atoms. The number of rotatable bonds is 4. The van der Waals surface area contributed by atoms with Crippen LogP contribution in [0.3, 0.4) is 0 Å². The third-order valence-electron chi connectivity index (χ3n) is 1.93. The van der Waals surface area contributed by atoms with Crippen molar-refractivity contribution in [3.63, 3.8) is 0 Å². The summed E-state index contributed by atoms with van der Waals surface area (Å²) < 4.78 is 18.4. The number of nitrogens with zero attached hydrogens (tertiary/aromatic N) is 1. The summed E-state index contributed by atoms with van der Waals surface area (Å²) in [4.78, 5) is 13.4. The van der Waals surface area contributed by atoms with Crippen LogP contribution in [-0.2, 0) is 0 Å². The zero-order chi connectivity index (χ0) is 11.4. The molecule has 15 heavy (non-hydrogen) atoms. The van der Waals surface area contributed by atoms with Gasteiger partial charge >= 0.3 is 0 Å². The average molecular weight is 211 g/mol. The van der Waals surface area contributed by atoms with Crippen molar-refractivity contribution in [3.05, 3.63) is 29.6 Å². The van der Waals surface area contributed by atoms with Crippen molar-refractivity contribution in [3.8, 4) is 5.75 Å². The fourth-order valence-corrected chi connectivity index (χ4v) is 1.31. The van der Waals surface area contributed by atoms with E-state index in [1.165, 1.54) is 19.2 Å². The van der Waals surface area contributed by atoms with Gasteiger partial charge in [0, 0.05) is 0 Å². The molecule has 4 heteroatoms. The third-order valence-corrected chi connectivity index (χ3v) is 1.93. The molecule has 0 fully saturated rings. The molecule has 0 amide bonds. The molecule has 0 radical (unpaired) electrons. The van der Waals surface area contributed by atoms with Crippen molar-refractivity contribution in [2.45, 2.75) is 0 Å². The average Bonchev–Trinajstić information content (AvgIpc) is 2.15. The first kappa shape index (κ1) is 11.7. The summed E-state index contributed by atoms with van der Waals surface area (Å²) >= 11 is 0. The van der Waals surface area contributed by atoms with Gasteiger partial charge in [-0.25, -0.2) is 4.39 Å². The lowest BCUT2D eigenvalue weighted by molar-refractivity contribution is 0.0950. The van der Waals surface area contributed by atoms with E-state index in [-0.39, 0.29) is 23.6 Å². The molecule has 1 aromatic rings. The Morgan fingerprint density at radius 3 is 2.67 bits per heavy atom. The van der Waals surface area contributed by atoms with Crippen LogP contribution in [0.2, 0.25) is 0 Å². The Hall–Kier alpha value is -1.42. The third kappa shape index (κ3) is 2.76. The van der Waals surface area contributed by atoms with Gasteiger partial charge in [0.1, 0.15) is 11.6 Å². The van der Waals surface area contributed by atoms with Gasteiger partial charge in [-0.1, -0.05) is 6.07 Å². The Morgan fingerprint density at radius 1 is 1.47 bits per heavy atom. The Bertz CT molecular complexity index is 364. The molecular weight excluding hydrogens is 197 g/mol. The zero-order valence-corrected chi connectivity index (χ0v) is 9.08. The molecular formula is C11H14FNO2. The molecule has 0 spiro atoms. The minimum absolute atomic E-state index is 0.0219. The van der Waals surface area contributed by atoms with Gasteiger partial charge in [0.2, 0.25) is 0 Å². The summed E-state index contributed by atoms with van der Waals surface area (Å²) in [5, 5.41) is 0. The molecule has 0 aliphatic heterocycles. The number of carbonyl (C=O) groups excluding carboxylic acids is 1. The van der Waals surface area contributed by atoms with Gasteiger partial charge in [0.05, 0.1) is 19.2 Å². The van der Waals surface area contributed by atoms with Crippen molar-refractivity contribution in [2.75, 3.05) is 27.7 Å². The molecule has 82 valence electrons. The maximum absolute atomic E-state index is 13.4. The molecule has 0 saturated heterocycles. The van der Waals surface area contributed by atoms with Crippen LogP contribution in [0.4, 0.5) is 4.39 Å². The highest BCUT2D eigenvalue weighted by Gasteiger charge is 2.17. The van der Waals surface area contributed by atoms with Gasteiger partial charge < -0.3 is 9.64 Å². The van der Waals surface area contributed by atoms with E-state index < -0.39 is 5.82 Å². The van der Waals surface area contributed by atoms with Crippen molar-refractivity contribution in [2.24, 2.45) is 0 Å². The Kier molecular flexibility index (Phi) is 3.80. The van der Waals surface area contributed by atoms with E-state index in [1.54, 1.807) is 25.1 Å². The van der Waals surface area contributed by atoms with Gasteiger partial charge in [0.15, 0.2) is 5.78 Å². The summed E-state index contributed by atoms with van der Waals surface area (Å²) in [7, 11) is 4.93. The number of hydrogen-bond donors (Lipinski definition) is 0. The van der Waals surface area contributed by atoms with Crippen molar-refractivity contribution in [1.82, 2.24) is 4.90 Å². The molecule has 3 nitrogen and oxygen atoms in total. The number of benzene rings is 1. The van der Waals surface area contributed by atoms with E-state index in [0.29, 0.717) is 0 Å². The lowest BCUT2D eigenvalue weighted by Crippen LogP contribution is -2.22. The van der Waals surface area contributed by atoms with Crippen LogP contribution in [-0.4, -0.2) is 38.4 Å². The largest absolute Gasteiger partial charge is 0.496 e. The fourth-order valence-electron chi connectivity index (χ4n) is 1.31. The monoisotopic (exact) mass is 211 g/mol. The summed E-state index contributed by atoms with van der Waals surface area (Å²) in [5.74, 6) is -0.544. The summed E-state index contributed by atoms with van der Waals surface area (Å²) in [6.07, 6.45) is 0. The molecule has 0 N–H and O–H groups in total. The quantitative estimate of drug-likeness (QED) is 0.708. The Labute approximate surface area is 88.5 Å². The van der Waals surface area contributed by atoms with Crippen LogP contribution < -0.4 is 4.74 Å². The Morgan fingerprint density at radius 2 is 2.13 bits per heavy atom. The Balaban J connectivity index is 3.06. The van der Waals surface area contributed by atoms with Gasteiger partial charge in [0.25, 0.3) is 0 Å². The van der Waals surface area contributed by atoms with E-state index in [4.69, 9.17) is 4.74 Å². The fraction of sp³-hybridized carbons (Fsp3) is 0.364. The highest BCUT2D eigenvalue weighted by atomic mass is 19.1. The lowest BCUT2D eigenvalue weighted by atomic mass is 10.1. The number of carbonyl (C=O) groups is 1. The number of likely N-dealkylation sites (N-methyl/N-ethyl adjacent to an activating group) is 1. The molecule has 0 heterocycles. The second kappa shape index (κ2) is 4.89. The molecule has 1 aromatic carbocycles. The minimum atomic E-state index is -0.541. The first-order chi connectivity index (χ1) is 7.06. The highest BCUT2D eigenvalue weighted by Crippen LogP contribution is 2.21. The van der Waals surface area contributed by atoms with Gasteiger partial charge in [-0.05, 0) is 26.2 Å². The molecule has 0 unspecified atom stereocenters. The van der Waals surface area contributed by atoms with Crippen LogP contribution in [0.1, 0.15) is 10.4 Å². The summed E-state index contributed by atoms with van der Waals surface area (Å²) in [6, 6.07) is 4.35. The predicted octanol–water partition coefficient (Wildman–Crippen LogP) is 1.58. The first-order valence-corrected chi connectivity index (χ1v) is 4.56. The molecule has 0 saturated carbocycles. The second-order valence-corrected chi connectivity index (χ2v) is 3.48. The molecule has 0 aromatic heterocycles. The number of ether oxygens (including phenoxy) is 1. The van der Waals surface area contributed by atoms with E-state index in [9.17, 15) is 9.18 Å². The normalized spacial score (nSPS) is 10.5. The molecule has 0 atom stereocenters. The van der Waals surface area contributed by atoms with E-state index in [2.05, 4.69) is 0 Å². The maximum Gasteiger partial charge on any atom is 0.183 e. The second-order valence-electron chi connectivity index (χ2n) is 3.48. The number of Topliss-reactive ketones (excluding diaryl/α,β-unsaturated/α-hetero) is 1. The molecule has 0 aliphatic rings. The highest BCUT2D eigenvalue weighted by molar-refractivity contribution is 6.00. The SMILES string of the molecule is COc1cccc(F)c1C(=O)CN(C)C. The van der Waals surface area contributed by atoms with Crippen molar-refractivity contribution >= 4 is 5.78 Å². The van der Waals surface area contributed by atoms with Crippen LogP contribution in [0.25, 0.3) is 0 Å². The van der Waals surface area contributed by atoms with Crippen molar-refractivity contribution < 1.29 is 13.9 Å². The number of ketones is 1. The zero-order valence-electron chi connectivity index (χ0n) is 9.08. The van der Waals surface area contributed by atoms with Gasteiger partial charge in [-0.3, -0.25) is 4.79 Å². The van der Waals surface area contributed by atoms with Crippen LogP contribution in [0.5, 0.6) is 5.75 Å². The van der Waals surface area contributed by atoms with Gasteiger partial charge in [-0.15, -0.1) is 0 Å². The van der Waals surface area contributed by atoms with E-state index in [0.717, 1.165) is 0 Å². The summed E-state index contributed by atoms with van der Waals surface area (Å²) in [6.45, 7) is 0.164. The summed E-state index contributed by atoms with van der Waals surface area (Å²) in [5.41, 5.74) is 0.0219. The predicted molar refractivity (Wildman–Crippen MR) is 55.8 cm³/mol. The maximum atomic E-state index is 13.4. The van der Waals surface area contributed by atoms with Crippen LogP contribution in [0.15, 0.2) is 18.2 Å². The lowest BCUT2D eigenvalue weighted by Gasteiger charge is -2.11. The topological polar surface area (TPSA) is 29.5 Å². The molecule has 0 aliphatic carbocycles. The minimum Gasteiger partial charge on any atom is -0.496 e. The standard InChI is InChI=1S/C11H14FNO2/c1-13(2)7-9(14)11-8(12)5-4-6-10(11)15-3/h4-6H,7H2,1-3H3. The van der Waals surface area contributed by atoms with Gasteiger partial charge in [-0.2, -0.15) is 0 Å². The van der Waals surface area contributed by atoms with E-state index >= 15 is 0 Å². The number of halogens is 1. The smallest absolute Gasteiger partial charge is 0.183 e. The molecule has 1 rings (SSSR count). The first-order valence-electron chi connectivity index (χ1n) is 4.56. The number of hydrogen-bond acceptors (Lipinski definition) is 3. The van der Waals surface area contributed by atoms with Crippen LogP contribution in [0, 0.1) is 5.82 Å². The van der Waals surface area contributed by atoms with E-state index in [1.807, 2.05) is 0 Å². The van der Waals surface area contributed by atoms with Crippen molar-refractivity contribution in [1.29, 1.82) is 0 Å². The van der Waals surface area contributed by atoms with Crippen LogP contribution >= 0.6 is 0 Å². The number of methoxy groups -OCH3 is 1.